The van der Waals surface area contributed by atoms with E-state index in [1.165, 1.54) is 7.11 Å². The lowest BCUT2D eigenvalue weighted by atomic mass is 9.97. The third-order valence-corrected chi connectivity index (χ3v) is 4.90. The summed E-state index contributed by atoms with van der Waals surface area (Å²) in [5, 5.41) is 10.9. The summed E-state index contributed by atoms with van der Waals surface area (Å²) in [5.41, 5.74) is 1.91. The first-order valence-corrected chi connectivity index (χ1v) is 9.10. The van der Waals surface area contributed by atoms with Crippen LogP contribution in [0.4, 0.5) is 0 Å². The smallest absolute Gasteiger partial charge is 0.186 e. The van der Waals surface area contributed by atoms with E-state index in [1.54, 1.807) is 0 Å². The van der Waals surface area contributed by atoms with Gasteiger partial charge >= 0.3 is 0 Å². The molecular weight excluding hydrogens is 348 g/mol. The Balaban J connectivity index is 1.46. The first kappa shape index (κ1) is 18.6. The van der Waals surface area contributed by atoms with E-state index >= 15 is 0 Å². The van der Waals surface area contributed by atoms with Gasteiger partial charge in [0.2, 0.25) is 0 Å². The lowest BCUT2D eigenvalue weighted by Crippen LogP contribution is -2.62. The molecule has 2 aromatic rings. The molecule has 2 saturated heterocycles. The molecule has 0 amide bonds. The molecule has 2 heterocycles. The van der Waals surface area contributed by atoms with Crippen molar-refractivity contribution in [1.29, 1.82) is 0 Å². The summed E-state index contributed by atoms with van der Waals surface area (Å²) in [4.78, 5) is 0. The van der Waals surface area contributed by atoms with Crippen LogP contribution >= 0.6 is 0 Å². The number of aliphatic hydroxyl groups excluding tert-OH is 1. The van der Waals surface area contributed by atoms with Crippen molar-refractivity contribution in [3.8, 4) is 0 Å². The fourth-order valence-electron chi connectivity index (χ4n) is 3.48. The van der Waals surface area contributed by atoms with Crippen molar-refractivity contribution in [2.45, 2.75) is 43.6 Å². The highest BCUT2D eigenvalue weighted by Crippen LogP contribution is 2.35. The van der Waals surface area contributed by atoms with Crippen molar-refractivity contribution in [2.24, 2.45) is 0 Å². The largest absolute Gasteiger partial charge is 0.387 e. The maximum Gasteiger partial charge on any atom is 0.186 e. The van der Waals surface area contributed by atoms with Crippen molar-refractivity contribution in [2.75, 3.05) is 13.7 Å². The predicted molar refractivity (Wildman–Crippen MR) is 96.7 cm³/mol. The number of rotatable bonds is 5. The molecule has 0 aliphatic carbocycles. The van der Waals surface area contributed by atoms with Gasteiger partial charge in [0.05, 0.1) is 13.2 Å². The normalized spacial score (nSPS) is 33.4. The average molecular weight is 372 g/mol. The second-order valence-corrected chi connectivity index (χ2v) is 6.71. The molecule has 2 aliphatic heterocycles. The third-order valence-electron chi connectivity index (χ3n) is 4.90. The zero-order valence-corrected chi connectivity index (χ0v) is 15.1. The van der Waals surface area contributed by atoms with E-state index in [9.17, 15) is 5.11 Å². The summed E-state index contributed by atoms with van der Waals surface area (Å²) in [7, 11) is 1.54. The minimum absolute atomic E-state index is 0.312. The molecule has 2 fully saturated rings. The molecule has 6 heteroatoms. The molecule has 2 aromatic carbocycles. The topological polar surface area (TPSA) is 66.4 Å². The SMILES string of the molecule is CO[C@@H]1O[C@@H]2COC(c3ccccc3)O[C@H]2[C@H](O)[C@H]1OCc1ccccc1. The van der Waals surface area contributed by atoms with Crippen LogP contribution in [-0.4, -0.2) is 49.5 Å². The molecule has 2 aliphatic rings. The summed E-state index contributed by atoms with van der Waals surface area (Å²) in [6.45, 7) is 0.661. The van der Waals surface area contributed by atoms with Crippen molar-refractivity contribution < 1.29 is 28.8 Å². The summed E-state index contributed by atoms with van der Waals surface area (Å²) < 4.78 is 29.1. The Kier molecular flexibility index (Phi) is 5.83. The molecule has 6 atom stereocenters. The Hall–Kier alpha value is -1.80. The summed E-state index contributed by atoms with van der Waals surface area (Å²) in [6, 6.07) is 19.4. The standard InChI is InChI=1S/C21H24O6/c1-23-21-19(24-12-14-8-4-2-5-9-14)17(22)18-16(26-21)13-25-20(27-18)15-10-6-3-7-11-15/h2-11,16-22H,12-13H2,1H3/t16-,17+,18-,19-,20?,21-/m1/s1. The number of hydrogen-bond donors (Lipinski definition) is 1. The summed E-state index contributed by atoms with van der Waals surface area (Å²) in [6.07, 6.45) is -3.76. The molecule has 6 nitrogen and oxygen atoms in total. The van der Waals surface area contributed by atoms with Crippen molar-refractivity contribution in [3.05, 3.63) is 71.8 Å². The minimum Gasteiger partial charge on any atom is -0.387 e. The maximum atomic E-state index is 10.9. The Morgan fingerprint density at radius 2 is 1.70 bits per heavy atom. The van der Waals surface area contributed by atoms with Gasteiger partial charge in [-0.25, -0.2) is 0 Å². The summed E-state index contributed by atoms with van der Waals surface area (Å²) in [5.74, 6) is 0. The van der Waals surface area contributed by atoms with Gasteiger partial charge in [-0.05, 0) is 5.56 Å². The number of methoxy groups -OCH3 is 1. The molecule has 0 bridgehead atoms. The van der Waals surface area contributed by atoms with Crippen LogP contribution < -0.4 is 0 Å². The Morgan fingerprint density at radius 3 is 2.41 bits per heavy atom. The van der Waals surface area contributed by atoms with Crippen LogP contribution in [0.2, 0.25) is 0 Å². The van der Waals surface area contributed by atoms with E-state index in [1.807, 2.05) is 60.7 Å². The second-order valence-electron chi connectivity index (χ2n) is 6.71. The van der Waals surface area contributed by atoms with Gasteiger partial charge in [0.15, 0.2) is 12.6 Å². The van der Waals surface area contributed by atoms with E-state index in [4.69, 9.17) is 23.7 Å². The molecule has 0 saturated carbocycles. The van der Waals surface area contributed by atoms with E-state index in [2.05, 4.69) is 0 Å². The van der Waals surface area contributed by atoms with Crippen molar-refractivity contribution in [3.63, 3.8) is 0 Å². The molecule has 0 aromatic heterocycles. The highest BCUT2D eigenvalue weighted by molar-refractivity contribution is 5.17. The number of fused-ring (bicyclic) bond motifs is 1. The van der Waals surface area contributed by atoms with Gasteiger partial charge in [0.1, 0.15) is 24.4 Å². The van der Waals surface area contributed by atoms with Crippen LogP contribution in [0.25, 0.3) is 0 Å². The molecule has 27 heavy (non-hydrogen) atoms. The third kappa shape index (κ3) is 4.06. The fourth-order valence-corrected chi connectivity index (χ4v) is 3.48. The van der Waals surface area contributed by atoms with Crippen LogP contribution in [0.15, 0.2) is 60.7 Å². The van der Waals surface area contributed by atoms with Crippen LogP contribution in [-0.2, 0) is 30.3 Å². The number of benzene rings is 2. The highest BCUT2D eigenvalue weighted by Gasteiger charge is 2.50. The molecule has 144 valence electrons. The van der Waals surface area contributed by atoms with Crippen LogP contribution in [0.3, 0.4) is 0 Å². The lowest BCUT2D eigenvalue weighted by molar-refractivity contribution is -0.363. The van der Waals surface area contributed by atoms with Gasteiger partial charge in [-0.2, -0.15) is 0 Å². The number of hydrogen-bond acceptors (Lipinski definition) is 6. The van der Waals surface area contributed by atoms with E-state index in [0.717, 1.165) is 11.1 Å². The molecule has 4 rings (SSSR count). The van der Waals surface area contributed by atoms with Crippen LogP contribution in [0.5, 0.6) is 0 Å². The molecular formula is C21H24O6. The molecule has 0 spiro atoms. The van der Waals surface area contributed by atoms with Gasteiger partial charge in [0.25, 0.3) is 0 Å². The van der Waals surface area contributed by atoms with Gasteiger partial charge < -0.3 is 28.8 Å². The zero-order valence-electron chi connectivity index (χ0n) is 15.1. The van der Waals surface area contributed by atoms with Crippen LogP contribution in [0, 0.1) is 0 Å². The monoisotopic (exact) mass is 372 g/mol. The Bertz CT molecular complexity index is 703. The van der Waals surface area contributed by atoms with E-state index in [-0.39, 0.29) is 0 Å². The maximum absolute atomic E-state index is 10.9. The summed E-state index contributed by atoms with van der Waals surface area (Å²) >= 11 is 0. The van der Waals surface area contributed by atoms with E-state index in [0.29, 0.717) is 13.2 Å². The average Bonchev–Trinajstić information content (AvgIpc) is 2.74. The second kappa shape index (κ2) is 8.48. The van der Waals surface area contributed by atoms with Gasteiger partial charge in [-0.1, -0.05) is 60.7 Å². The van der Waals surface area contributed by atoms with Crippen LogP contribution in [0.1, 0.15) is 17.4 Å². The van der Waals surface area contributed by atoms with Gasteiger partial charge in [-0.15, -0.1) is 0 Å². The van der Waals surface area contributed by atoms with Gasteiger partial charge in [-0.3, -0.25) is 0 Å². The first-order valence-electron chi connectivity index (χ1n) is 9.10. The Morgan fingerprint density at radius 1 is 1.00 bits per heavy atom. The number of aliphatic hydroxyl groups is 1. The quantitative estimate of drug-likeness (QED) is 0.870. The van der Waals surface area contributed by atoms with Crippen molar-refractivity contribution >= 4 is 0 Å². The minimum atomic E-state index is -0.896. The zero-order chi connectivity index (χ0) is 18.6. The lowest BCUT2D eigenvalue weighted by Gasteiger charge is -2.47. The molecule has 0 radical (unpaired) electrons. The van der Waals surface area contributed by atoms with Gasteiger partial charge in [0, 0.05) is 12.7 Å². The number of ether oxygens (including phenoxy) is 5. The van der Waals surface area contributed by atoms with Crippen molar-refractivity contribution in [1.82, 2.24) is 0 Å². The first-order chi connectivity index (χ1) is 13.3. The van der Waals surface area contributed by atoms with E-state index < -0.39 is 37.0 Å². The fraction of sp³-hybridized carbons (Fsp3) is 0.429. The Labute approximate surface area is 158 Å². The highest BCUT2D eigenvalue weighted by atomic mass is 16.8. The molecule has 1 unspecified atom stereocenters. The predicted octanol–water partition coefficient (Wildman–Crippen LogP) is 2.42. The molecule has 1 N–H and O–H groups in total.